The molecule has 1 N–H and O–H groups in total. The molecule has 3 rings (SSSR count). The maximum Gasteiger partial charge on any atom is 0.233 e. The second-order valence-corrected chi connectivity index (χ2v) is 6.83. The van der Waals surface area contributed by atoms with Crippen LogP contribution >= 0.6 is 11.8 Å². The van der Waals surface area contributed by atoms with Crippen molar-refractivity contribution in [2.75, 3.05) is 25.4 Å². The van der Waals surface area contributed by atoms with Gasteiger partial charge >= 0.3 is 0 Å². The molecule has 108 valence electrons. The van der Waals surface area contributed by atoms with Crippen molar-refractivity contribution in [1.82, 2.24) is 10.2 Å². The lowest BCUT2D eigenvalue weighted by atomic mass is 9.97. The van der Waals surface area contributed by atoms with Crippen LogP contribution in [0.1, 0.15) is 29.3 Å². The summed E-state index contributed by atoms with van der Waals surface area (Å²) in [6.07, 6.45) is 2.38. The van der Waals surface area contributed by atoms with E-state index in [4.69, 9.17) is 0 Å². The van der Waals surface area contributed by atoms with Crippen LogP contribution in [0, 0.1) is 12.8 Å². The van der Waals surface area contributed by atoms with E-state index in [-0.39, 0.29) is 5.37 Å². The molecule has 1 aromatic rings. The Morgan fingerprint density at radius 2 is 2.05 bits per heavy atom. The molecule has 4 heteroatoms. The molecule has 2 saturated heterocycles. The molecule has 2 fully saturated rings. The maximum absolute atomic E-state index is 12.2. The smallest absolute Gasteiger partial charge is 0.233 e. The molecular formula is C16H22N2OS. The van der Waals surface area contributed by atoms with Crippen molar-refractivity contribution in [2.24, 2.45) is 5.92 Å². The minimum Gasteiger partial charge on any atom is -0.326 e. The Labute approximate surface area is 125 Å². The van der Waals surface area contributed by atoms with Gasteiger partial charge < -0.3 is 10.2 Å². The summed E-state index contributed by atoms with van der Waals surface area (Å²) in [4.78, 5) is 14.3. The number of nitrogens with zero attached hydrogens (tertiary/aromatic N) is 1. The molecule has 2 aliphatic heterocycles. The molecule has 3 nitrogen and oxygen atoms in total. The molecule has 1 amide bonds. The number of aryl methyl sites for hydroxylation is 1. The number of thioether (sulfide) groups is 1. The number of piperidine rings is 1. The van der Waals surface area contributed by atoms with E-state index in [1.165, 1.54) is 24.0 Å². The van der Waals surface area contributed by atoms with Crippen molar-refractivity contribution in [2.45, 2.75) is 25.1 Å². The third kappa shape index (κ3) is 2.86. The molecule has 0 aliphatic carbocycles. The van der Waals surface area contributed by atoms with Gasteiger partial charge in [0.1, 0.15) is 5.37 Å². The number of hydrogen-bond acceptors (Lipinski definition) is 3. The molecule has 0 spiro atoms. The van der Waals surface area contributed by atoms with Gasteiger partial charge in [0, 0.05) is 6.54 Å². The Morgan fingerprint density at radius 1 is 1.30 bits per heavy atom. The van der Waals surface area contributed by atoms with Crippen molar-refractivity contribution >= 4 is 17.7 Å². The van der Waals surface area contributed by atoms with Gasteiger partial charge in [-0.3, -0.25) is 4.79 Å². The molecule has 1 atom stereocenters. The van der Waals surface area contributed by atoms with Gasteiger partial charge in [0.15, 0.2) is 0 Å². The first kappa shape index (κ1) is 14.0. The summed E-state index contributed by atoms with van der Waals surface area (Å²) in [7, 11) is 0. The van der Waals surface area contributed by atoms with Crippen molar-refractivity contribution in [3.8, 4) is 0 Å². The van der Waals surface area contributed by atoms with Crippen molar-refractivity contribution in [1.29, 1.82) is 0 Å². The highest BCUT2D eigenvalue weighted by Crippen LogP contribution is 2.40. The van der Waals surface area contributed by atoms with Crippen LogP contribution in [0.4, 0.5) is 0 Å². The minimum absolute atomic E-state index is 0.221. The first-order valence-corrected chi connectivity index (χ1v) is 8.48. The average Bonchev–Trinajstić information content (AvgIpc) is 2.82. The molecule has 0 radical (unpaired) electrons. The fourth-order valence-corrected chi connectivity index (χ4v) is 4.41. The summed E-state index contributed by atoms with van der Waals surface area (Å²) in [5.41, 5.74) is 2.59. The number of hydrogen-bond donors (Lipinski definition) is 1. The zero-order valence-corrected chi connectivity index (χ0v) is 12.8. The van der Waals surface area contributed by atoms with Gasteiger partial charge in [-0.1, -0.05) is 24.3 Å². The van der Waals surface area contributed by atoms with E-state index < -0.39 is 0 Å². The third-order valence-electron chi connectivity index (χ3n) is 4.34. The average molecular weight is 290 g/mol. The predicted molar refractivity (Wildman–Crippen MR) is 83.7 cm³/mol. The molecule has 2 heterocycles. The standard InChI is InChI=1S/C16H22N2OS/c1-12-4-2-3-5-14(12)16-18(15(19)11-20-16)10-13-6-8-17-9-7-13/h2-5,13,16-17H,6-11H2,1H3. The fraction of sp³-hybridized carbons (Fsp3) is 0.562. The number of carbonyl (C=O) groups is 1. The zero-order chi connectivity index (χ0) is 13.9. The van der Waals surface area contributed by atoms with Crippen molar-refractivity contribution in [3.05, 3.63) is 35.4 Å². The highest BCUT2D eigenvalue weighted by Gasteiger charge is 2.34. The quantitative estimate of drug-likeness (QED) is 0.928. The van der Waals surface area contributed by atoms with E-state index in [1.54, 1.807) is 11.8 Å². The van der Waals surface area contributed by atoms with Crippen LogP contribution in [0.5, 0.6) is 0 Å². The summed E-state index contributed by atoms with van der Waals surface area (Å²) in [5, 5.41) is 3.62. The van der Waals surface area contributed by atoms with E-state index in [9.17, 15) is 4.79 Å². The number of benzene rings is 1. The highest BCUT2D eigenvalue weighted by atomic mass is 32.2. The van der Waals surface area contributed by atoms with Gasteiger partial charge in [0.25, 0.3) is 0 Å². The monoisotopic (exact) mass is 290 g/mol. The SMILES string of the molecule is Cc1ccccc1C1SCC(=O)N1CC1CCNCC1. The Morgan fingerprint density at radius 3 is 2.80 bits per heavy atom. The maximum atomic E-state index is 12.2. The first-order chi connectivity index (χ1) is 9.75. The van der Waals surface area contributed by atoms with Gasteiger partial charge in [0.05, 0.1) is 5.75 Å². The first-order valence-electron chi connectivity index (χ1n) is 7.43. The summed E-state index contributed by atoms with van der Waals surface area (Å²) < 4.78 is 0. The zero-order valence-electron chi connectivity index (χ0n) is 12.0. The second-order valence-electron chi connectivity index (χ2n) is 5.76. The van der Waals surface area contributed by atoms with E-state index in [0.717, 1.165) is 19.6 Å². The van der Waals surface area contributed by atoms with E-state index in [2.05, 4.69) is 41.4 Å². The van der Waals surface area contributed by atoms with Crippen LogP contribution < -0.4 is 5.32 Å². The molecule has 0 aromatic heterocycles. The summed E-state index contributed by atoms with van der Waals surface area (Å²) in [5.74, 6) is 1.59. The molecule has 0 bridgehead atoms. The fourth-order valence-electron chi connectivity index (χ4n) is 3.12. The van der Waals surface area contributed by atoms with Gasteiger partial charge in [-0.15, -0.1) is 11.8 Å². The van der Waals surface area contributed by atoms with Crippen LogP contribution in [-0.4, -0.2) is 36.2 Å². The van der Waals surface area contributed by atoms with Crippen molar-refractivity contribution < 1.29 is 4.79 Å². The molecule has 2 aliphatic rings. The normalized spacial score (nSPS) is 24.4. The largest absolute Gasteiger partial charge is 0.326 e. The van der Waals surface area contributed by atoms with Crippen molar-refractivity contribution in [3.63, 3.8) is 0 Å². The Balaban J connectivity index is 1.76. The van der Waals surface area contributed by atoms with Crippen LogP contribution in [0.25, 0.3) is 0 Å². The topological polar surface area (TPSA) is 32.3 Å². The summed E-state index contributed by atoms with van der Waals surface area (Å²) in [6.45, 7) is 5.25. The third-order valence-corrected chi connectivity index (χ3v) is 5.57. The van der Waals surface area contributed by atoms with Gasteiger partial charge in [-0.25, -0.2) is 0 Å². The van der Waals surface area contributed by atoms with Gasteiger partial charge in [-0.2, -0.15) is 0 Å². The number of amides is 1. The van der Waals surface area contributed by atoms with E-state index >= 15 is 0 Å². The highest BCUT2D eigenvalue weighted by molar-refractivity contribution is 8.00. The van der Waals surface area contributed by atoms with Crippen LogP contribution in [0.15, 0.2) is 24.3 Å². The number of carbonyl (C=O) groups excluding carboxylic acids is 1. The molecule has 1 aromatic carbocycles. The van der Waals surface area contributed by atoms with Gasteiger partial charge in [-0.05, 0) is 49.9 Å². The van der Waals surface area contributed by atoms with E-state index in [0.29, 0.717) is 17.6 Å². The summed E-state index contributed by atoms with van der Waals surface area (Å²) in [6, 6.07) is 8.45. The summed E-state index contributed by atoms with van der Waals surface area (Å²) >= 11 is 1.78. The second kappa shape index (κ2) is 6.19. The van der Waals surface area contributed by atoms with E-state index in [1.807, 2.05) is 0 Å². The molecular weight excluding hydrogens is 268 g/mol. The lowest BCUT2D eigenvalue weighted by Gasteiger charge is -2.31. The minimum atomic E-state index is 0.221. The van der Waals surface area contributed by atoms with Crippen LogP contribution in [-0.2, 0) is 4.79 Å². The number of nitrogens with one attached hydrogen (secondary N) is 1. The van der Waals surface area contributed by atoms with Crippen LogP contribution in [0.3, 0.4) is 0 Å². The Bertz CT molecular complexity index is 485. The lowest BCUT2D eigenvalue weighted by molar-refractivity contribution is -0.128. The number of rotatable bonds is 3. The molecule has 20 heavy (non-hydrogen) atoms. The Kier molecular flexibility index (Phi) is 4.32. The van der Waals surface area contributed by atoms with Crippen LogP contribution in [0.2, 0.25) is 0 Å². The van der Waals surface area contributed by atoms with Gasteiger partial charge in [0.2, 0.25) is 5.91 Å². The predicted octanol–water partition coefficient (Wildman–Crippen LogP) is 2.57. The lowest BCUT2D eigenvalue weighted by Crippen LogP contribution is -2.38. The molecule has 1 unspecified atom stereocenters. The molecule has 0 saturated carbocycles. The Hall–Kier alpha value is -1.00.